The third-order valence-electron chi connectivity index (χ3n) is 3.85. The van der Waals surface area contributed by atoms with E-state index in [4.69, 9.17) is 0 Å². The summed E-state index contributed by atoms with van der Waals surface area (Å²) in [6.07, 6.45) is 6.85. The fourth-order valence-corrected chi connectivity index (χ4v) is 4.27. The van der Waals surface area contributed by atoms with E-state index in [9.17, 15) is 8.42 Å². The van der Waals surface area contributed by atoms with E-state index in [0.717, 1.165) is 45.3 Å². The third-order valence-corrected chi connectivity index (χ3v) is 5.16. The molecule has 0 spiro atoms. The summed E-state index contributed by atoms with van der Waals surface area (Å²) in [5.74, 6) is 0.566. The quantitative estimate of drug-likeness (QED) is 0.784. The largest absolute Gasteiger partial charge is 0.317 e. The number of hydrogen-bond acceptors (Lipinski definition) is 3. The maximum absolute atomic E-state index is 11.7. The zero-order valence-corrected chi connectivity index (χ0v) is 10.8. The van der Waals surface area contributed by atoms with Crippen LogP contribution in [0, 0.1) is 5.92 Å². The van der Waals surface area contributed by atoms with E-state index < -0.39 is 10.0 Å². The number of nitrogens with zero attached hydrogens (tertiary/aromatic N) is 1. The molecule has 2 heterocycles. The molecule has 0 amide bonds. The Balaban J connectivity index is 2.09. The first-order valence-corrected chi connectivity index (χ1v) is 8.11. The summed E-state index contributed by atoms with van der Waals surface area (Å²) in [6.45, 7) is 2.81. The molecule has 1 N–H and O–H groups in total. The Hall–Kier alpha value is -0.130. The van der Waals surface area contributed by atoms with E-state index in [1.807, 2.05) is 0 Å². The molecular weight excluding hydrogens is 224 g/mol. The van der Waals surface area contributed by atoms with Crippen LogP contribution in [0.2, 0.25) is 0 Å². The lowest BCUT2D eigenvalue weighted by atomic mass is 9.85. The minimum atomic E-state index is -3.01. The van der Waals surface area contributed by atoms with E-state index in [2.05, 4.69) is 5.32 Å². The molecule has 4 nitrogen and oxygen atoms in total. The second-order valence-electron chi connectivity index (χ2n) is 5.02. The number of piperidine rings is 2. The summed E-state index contributed by atoms with van der Waals surface area (Å²) in [6, 6.07) is 0.269. The SMILES string of the molecule is CS(=O)(=O)N1CCCC[C@@H]1C1CCNCC1. The predicted octanol–water partition coefficient (Wildman–Crippen LogP) is 0.800. The van der Waals surface area contributed by atoms with Crippen LogP contribution in [0.3, 0.4) is 0 Å². The van der Waals surface area contributed by atoms with Gasteiger partial charge in [-0.1, -0.05) is 6.42 Å². The normalized spacial score (nSPS) is 30.4. The Morgan fingerprint density at radius 1 is 1.12 bits per heavy atom. The van der Waals surface area contributed by atoms with E-state index in [0.29, 0.717) is 5.92 Å². The molecule has 0 radical (unpaired) electrons. The Kier molecular flexibility index (Phi) is 3.87. The van der Waals surface area contributed by atoms with Crippen LogP contribution in [0.1, 0.15) is 32.1 Å². The van der Waals surface area contributed by atoms with Gasteiger partial charge in [0.05, 0.1) is 6.26 Å². The standard InChI is InChI=1S/C11H22N2O2S/c1-16(14,15)13-9-3-2-4-11(13)10-5-7-12-8-6-10/h10-12H,2-9H2,1H3/t11-/m1/s1. The molecular formula is C11H22N2O2S. The molecule has 0 unspecified atom stereocenters. The summed E-state index contributed by atoms with van der Waals surface area (Å²) in [7, 11) is -3.01. The predicted molar refractivity (Wildman–Crippen MR) is 64.8 cm³/mol. The number of sulfonamides is 1. The first-order valence-electron chi connectivity index (χ1n) is 6.26. The smallest absolute Gasteiger partial charge is 0.211 e. The van der Waals surface area contributed by atoms with Crippen LogP contribution in [0.5, 0.6) is 0 Å². The van der Waals surface area contributed by atoms with Crippen LogP contribution < -0.4 is 5.32 Å². The van der Waals surface area contributed by atoms with Gasteiger partial charge in [-0.05, 0) is 44.7 Å². The van der Waals surface area contributed by atoms with Crippen molar-refractivity contribution in [3.05, 3.63) is 0 Å². The van der Waals surface area contributed by atoms with Crippen LogP contribution in [0.25, 0.3) is 0 Å². The number of nitrogens with one attached hydrogen (secondary N) is 1. The minimum Gasteiger partial charge on any atom is -0.317 e. The lowest BCUT2D eigenvalue weighted by Gasteiger charge is -2.40. The Morgan fingerprint density at radius 3 is 2.44 bits per heavy atom. The van der Waals surface area contributed by atoms with Crippen molar-refractivity contribution in [2.24, 2.45) is 5.92 Å². The van der Waals surface area contributed by atoms with Crippen molar-refractivity contribution in [2.45, 2.75) is 38.1 Å². The number of rotatable bonds is 2. The van der Waals surface area contributed by atoms with Crippen molar-refractivity contribution >= 4 is 10.0 Å². The summed E-state index contributed by atoms with van der Waals surface area (Å²) < 4.78 is 25.3. The van der Waals surface area contributed by atoms with Crippen molar-refractivity contribution in [2.75, 3.05) is 25.9 Å². The lowest BCUT2D eigenvalue weighted by Crippen LogP contribution is -2.49. The van der Waals surface area contributed by atoms with Crippen molar-refractivity contribution in [3.63, 3.8) is 0 Å². The van der Waals surface area contributed by atoms with Crippen molar-refractivity contribution < 1.29 is 8.42 Å². The molecule has 2 aliphatic heterocycles. The fourth-order valence-electron chi connectivity index (χ4n) is 3.04. The molecule has 0 aliphatic carbocycles. The van der Waals surface area contributed by atoms with Crippen LogP contribution in [0.4, 0.5) is 0 Å². The Bertz CT molecular complexity index is 323. The van der Waals surface area contributed by atoms with Gasteiger partial charge in [0.25, 0.3) is 0 Å². The maximum Gasteiger partial charge on any atom is 0.211 e. The fraction of sp³-hybridized carbons (Fsp3) is 1.00. The molecule has 2 rings (SSSR count). The van der Waals surface area contributed by atoms with Gasteiger partial charge in [0.1, 0.15) is 0 Å². The zero-order valence-electron chi connectivity index (χ0n) is 9.98. The molecule has 0 bridgehead atoms. The highest BCUT2D eigenvalue weighted by Gasteiger charge is 2.35. The molecule has 2 aliphatic rings. The van der Waals surface area contributed by atoms with E-state index in [-0.39, 0.29) is 6.04 Å². The molecule has 2 fully saturated rings. The van der Waals surface area contributed by atoms with Gasteiger partial charge in [0.15, 0.2) is 0 Å². The Labute approximate surface area is 98.4 Å². The third kappa shape index (κ3) is 2.76. The number of hydrogen-bond donors (Lipinski definition) is 1. The summed E-state index contributed by atoms with van der Waals surface area (Å²) in [5, 5.41) is 3.34. The molecule has 0 aromatic heterocycles. The molecule has 16 heavy (non-hydrogen) atoms. The monoisotopic (exact) mass is 246 g/mol. The van der Waals surface area contributed by atoms with Crippen molar-refractivity contribution in [3.8, 4) is 0 Å². The minimum absolute atomic E-state index is 0.269. The van der Waals surface area contributed by atoms with Gasteiger partial charge in [0, 0.05) is 12.6 Å². The van der Waals surface area contributed by atoms with Crippen LogP contribution in [-0.4, -0.2) is 44.7 Å². The molecule has 0 aromatic rings. The van der Waals surface area contributed by atoms with Crippen molar-refractivity contribution in [1.29, 1.82) is 0 Å². The molecule has 94 valence electrons. The highest BCUT2D eigenvalue weighted by molar-refractivity contribution is 7.88. The second kappa shape index (κ2) is 5.02. The van der Waals surface area contributed by atoms with Gasteiger partial charge < -0.3 is 5.32 Å². The van der Waals surface area contributed by atoms with Gasteiger partial charge in [-0.3, -0.25) is 0 Å². The van der Waals surface area contributed by atoms with E-state index >= 15 is 0 Å². The average Bonchev–Trinajstić information content (AvgIpc) is 2.29. The maximum atomic E-state index is 11.7. The lowest BCUT2D eigenvalue weighted by molar-refractivity contribution is 0.159. The molecule has 2 saturated heterocycles. The molecule has 0 aromatic carbocycles. The summed E-state index contributed by atoms with van der Waals surface area (Å²) in [5.41, 5.74) is 0. The molecule has 0 saturated carbocycles. The zero-order chi connectivity index (χ0) is 11.6. The van der Waals surface area contributed by atoms with Gasteiger partial charge in [-0.15, -0.1) is 0 Å². The van der Waals surface area contributed by atoms with E-state index in [1.54, 1.807) is 4.31 Å². The van der Waals surface area contributed by atoms with Crippen LogP contribution >= 0.6 is 0 Å². The molecule has 5 heteroatoms. The van der Waals surface area contributed by atoms with E-state index in [1.165, 1.54) is 12.7 Å². The van der Waals surface area contributed by atoms with Gasteiger partial charge in [-0.2, -0.15) is 4.31 Å². The topological polar surface area (TPSA) is 49.4 Å². The first kappa shape index (κ1) is 12.3. The highest BCUT2D eigenvalue weighted by Crippen LogP contribution is 2.30. The Morgan fingerprint density at radius 2 is 1.81 bits per heavy atom. The highest BCUT2D eigenvalue weighted by atomic mass is 32.2. The van der Waals surface area contributed by atoms with Gasteiger partial charge >= 0.3 is 0 Å². The van der Waals surface area contributed by atoms with Gasteiger partial charge in [0.2, 0.25) is 10.0 Å². The van der Waals surface area contributed by atoms with Crippen LogP contribution in [-0.2, 0) is 10.0 Å². The molecule has 1 atom stereocenters. The summed E-state index contributed by atoms with van der Waals surface area (Å²) in [4.78, 5) is 0. The van der Waals surface area contributed by atoms with Crippen molar-refractivity contribution in [1.82, 2.24) is 9.62 Å². The average molecular weight is 246 g/mol. The first-order chi connectivity index (χ1) is 7.59. The van der Waals surface area contributed by atoms with Gasteiger partial charge in [-0.25, -0.2) is 8.42 Å². The van der Waals surface area contributed by atoms with Crippen LogP contribution in [0.15, 0.2) is 0 Å². The summed E-state index contributed by atoms with van der Waals surface area (Å²) >= 11 is 0. The second-order valence-corrected chi connectivity index (χ2v) is 6.96.